The molecule has 1 N–H and O–H groups in total. The summed E-state index contributed by atoms with van der Waals surface area (Å²) in [6, 6.07) is 13.0. The van der Waals surface area contributed by atoms with Gasteiger partial charge in [-0.15, -0.1) is 0 Å². The molecule has 1 saturated heterocycles. The standard InChI is InChI=1S/C24H25F3N4S/c1-4-12-30-22(21(29-23(30)32)20-10-5-6-11-28-20)19-13-15(2)31(16(19)3)18-9-7-8-17(14-18)24(25,26)27/h5-11,13-14,21-22H,4,12H2,1-3H3,(H,29,32). The highest BCUT2D eigenvalue weighted by molar-refractivity contribution is 7.80. The highest BCUT2D eigenvalue weighted by Crippen LogP contribution is 2.41. The molecule has 8 heteroatoms. The van der Waals surface area contributed by atoms with Gasteiger partial charge in [-0.3, -0.25) is 4.98 Å². The lowest BCUT2D eigenvalue weighted by Gasteiger charge is -2.27. The van der Waals surface area contributed by atoms with Gasteiger partial charge in [-0.25, -0.2) is 0 Å². The number of nitrogens with one attached hydrogen (secondary N) is 1. The zero-order valence-electron chi connectivity index (χ0n) is 18.1. The minimum Gasteiger partial charge on any atom is -0.352 e. The Kier molecular flexibility index (Phi) is 5.99. The molecule has 4 rings (SSSR count). The number of pyridine rings is 1. The van der Waals surface area contributed by atoms with E-state index >= 15 is 0 Å². The van der Waals surface area contributed by atoms with E-state index in [0.717, 1.165) is 41.7 Å². The fourth-order valence-electron chi connectivity index (χ4n) is 4.53. The predicted octanol–water partition coefficient (Wildman–Crippen LogP) is 5.89. The van der Waals surface area contributed by atoms with E-state index in [0.29, 0.717) is 10.8 Å². The molecule has 0 saturated carbocycles. The van der Waals surface area contributed by atoms with Crippen LogP contribution in [0.4, 0.5) is 13.2 Å². The molecule has 0 amide bonds. The first-order chi connectivity index (χ1) is 15.2. The molecular formula is C24H25F3N4S. The van der Waals surface area contributed by atoms with E-state index in [9.17, 15) is 13.2 Å². The Morgan fingerprint density at radius 2 is 1.88 bits per heavy atom. The van der Waals surface area contributed by atoms with Crippen molar-refractivity contribution in [3.8, 4) is 5.69 Å². The molecule has 0 bridgehead atoms. The Morgan fingerprint density at radius 3 is 2.53 bits per heavy atom. The highest BCUT2D eigenvalue weighted by atomic mass is 32.1. The summed E-state index contributed by atoms with van der Waals surface area (Å²) < 4.78 is 41.8. The summed E-state index contributed by atoms with van der Waals surface area (Å²) in [6.07, 6.45) is -1.72. The van der Waals surface area contributed by atoms with E-state index in [-0.39, 0.29) is 12.1 Å². The monoisotopic (exact) mass is 458 g/mol. The van der Waals surface area contributed by atoms with Gasteiger partial charge < -0.3 is 14.8 Å². The largest absolute Gasteiger partial charge is 0.416 e. The molecule has 4 nitrogen and oxygen atoms in total. The van der Waals surface area contributed by atoms with Crippen LogP contribution in [-0.2, 0) is 6.18 Å². The topological polar surface area (TPSA) is 33.1 Å². The molecule has 3 aromatic rings. The number of hydrogen-bond donors (Lipinski definition) is 1. The number of rotatable bonds is 5. The molecule has 0 radical (unpaired) electrons. The first-order valence-corrected chi connectivity index (χ1v) is 11.0. The second-order valence-corrected chi connectivity index (χ2v) is 8.42. The maximum Gasteiger partial charge on any atom is 0.416 e. The molecule has 0 spiro atoms. The van der Waals surface area contributed by atoms with Gasteiger partial charge in [0.1, 0.15) is 0 Å². The molecule has 168 valence electrons. The zero-order chi connectivity index (χ0) is 23.0. The second-order valence-electron chi connectivity index (χ2n) is 8.03. The van der Waals surface area contributed by atoms with Crippen LogP contribution in [0.25, 0.3) is 5.69 Å². The smallest absolute Gasteiger partial charge is 0.352 e. The number of benzene rings is 1. The average Bonchev–Trinajstić information content (AvgIpc) is 3.24. The third kappa shape index (κ3) is 3.99. The van der Waals surface area contributed by atoms with E-state index in [2.05, 4.69) is 28.2 Å². The number of alkyl halides is 3. The number of hydrogen-bond acceptors (Lipinski definition) is 2. The van der Waals surface area contributed by atoms with Crippen molar-refractivity contribution in [1.82, 2.24) is 19.8 Å². The quantitative estimate of drug-likeness (QED) is 0.484. The minimum absolute atomic E-state index is 0.108. The maximum atomic E-state index is 13.3. The minimum atomic E-state index is -4.39. The van der Waals surface area contributed by atoms with Crippen LogP contribution in [0.2, 0.25) is 0 Å². The predicted molar refractivity (Wildman–Crippen MR) is 123 cm³/mol. The van der Waals surface area contributed by atoms with E-state index < -0.39 is 11.7 Å². The summed E-state index contributed by atoms with van der Waals surface area (Å²) in [6.45, 7) is 6.73. The normalized spacial score (nSPS) is 18.8. The Bertz CT molecular complexity index is 1120. The van der Waals surface area contributed by atoms with E-state index in [4.69, 9.17) is 12.2 Å². The summed E-state index contributed by atoms with van der Waals surface area (Å²) in [7, 11) is 0. The van der Waals surface area contributed by atoms with Crippen molar-refractivity contribution < 1.29 is 13.2 Å². The van der Waals surface area contributed by atoms with E-state index in [1.54, 1.807) is 12.3 Å². The number of nitrogens with zero attached hydrogens (tertiary/aromatic N) is 3. The Morgan fingerprint density at radius 1 is 1.09 bits per heavy atom. The highest BCUT2D eigenvalue weighted by Gasteiger charge is 2.41. The molecule has 1 aromatic carbocycles. The number of aromatic nitrogens is 2. The van der Waals surface area contributed by atoms with Crippen molar-refractivity contribution >= 4 is 17.3 Å². The Balaban J connectivity index is 1.83. The molecule has 2 unspecified atom stereocenters. The van der Waals surface area contributed by atoms with Crippen molar-refractivity contribution in [1.29, 1.82) is 0 Å². The van der Waals surface area contributed by atoms with Gasteiger partial charge in [0.05, 0.1) is 23.3 Å². The fraction of sp³-hybridized carbons (Fsp3) is 0.333. The van der Waals surface area contributed by atoms with Gasteiger partial charge in [0.25, 0.3) is 0 Å². The summed E-state index contributed by atoms with van der Waals surface area (Å²) in [4.78, 5) is 6.70. The molecular weight excluding hydrogens is 433 g/mol. The van der Waals surface area contributed by atoms with Gasteiger partial charge in [0, 0.05) is 29.8 Å². The summed E-state index contributed by atoms with van der Waals surface area (Å²) in [5, 5.41) is 4.08. The van der Waals surface area contributed by atoms with Crippen molar-refractivity contribution in [2.24, 2.45) is 0 Å². The lowest BCUT2D eigenvalue weighted by molar-refractivity contribution is -0.137. The summed E-state index contributed by atoms with van der Waals surface area (Å²) in [5.74, 6) is 0. The van der Waals surface area contributed by atoms with Gasteiger partial charge in [-0.2, -0.15) is 13.2 Å². The van der Waals surface area contributed by atoms with Crippen LogP contribution >= 0.6 is 12.2 Å². The number of aryl methyl sites for hydroxylation is 1. The molecule has 32 heavy (non-hydrogen) atoms. The van der Waals surface area contributed by atoms with Crippen LogP contribution in [0.15, 0.2) is 54.7 Å². The first-order valence-electron chi connectivity index (χ1n) is 10.6. The lowest BCUT2D eigenvalue weighted by Crippen LogP contribution is -2.30. The van der Waals surface area contributed by atoms with Crippen molar-refractivity contribution in [2.45, 2.75) is 45.5 Å². The average molecular weight is 459 g/mol. The fourth-order valence-corrected chi connectivity index (χ4v) is 4.86. The van der Waals surface area contributed by atoms with Crippen molar-refractivity contribution in [3.63, 3.8) is 0 Å². The zero-order valence-corrected chi connectivity index (χ0v) is 19.0. The molecule has 1 fully saturated rings. The van der Waals surface area contributed by atoms with Crippen LogP contribution in [0, 0.1) is 13.8 Å². The Labute approximate surface area is 191 Å². The molecule has 3 heterocycles. The molecule has 2 atom stereocenters. The van der Waals surface area contributed by atoms with E-state index in [1.165, 1.54) is 12.1 Å². The maximum absolute atomic E-state index is 13.3. The number of halogens is 3. The molecule has 1 aliphatic rings. The van der Waals surface area contributed by atoms with Crippen LogP contribution < -0.4 is 5.32 Å². The SMILES string of the molecule is CCCN1C(=S)NC(c2ccccn2)C1c1cc(C)n(-c2cccc(C(F)(F)F)c2)c1C. The van der Waals surface area contributed by atoms with Crippen LogP contribution in [-0.4, -0.2) is 26.1 Å². The molecule has 2 aromatic heterocycles. The lowest BCUT2D eigenvalue weighted by atomic mass is 9.96. The van der Waals surface area contributed by atoms with Crippen LogP contribution in [0.5, 0.6) is 0 Å². The van der Waals surface area contributed by atoms with Crippen molar-refractivity contribution in [2.75, 3.05) is 6.54 Å². The third-order valence-corrected chi connectivity index (χ3v) is 6.24. The van der Waals surface area contributed by atoms with Gasteiger partial charge in [0.2, 0.25) is 0 Å². The third-order valence-electron chi connectivity index (χ3n) is 5.88. The van der Waals surface area contributed by atoms with Crippen LogP contribution in [0.1, 0.15) is 53.6 Å². The van der Waals surface area contributed by atoms with Crippen LogP contribution in [0.3, 0.4) is 0 Å². The van der Waals surface area contributed by atoms with Gasteiger partial charge in [0.15, 0.2) is 5.11 Å². The van der Waals surface area contributed by atoms with Gasteiger partial charge in [-0.1, -0.05) is 19.1 Å². The Hall–Kier alpha value is -2.87. The molecule has 0 aliphatic carbocycles. The molecule has 1 aliphatic heterocycles. The van der Waals surface area contributed by atoms with E-state index in [1.807, 2.05) is 36.6 Å². The second kappa shape index (κ2) is 8.58. The number of thiocarbonyl (C=S) groups is 1. The van der Waals surface area contributed by atoms with Gasteiger partial charge >= 0.3 is 6.18 Å². The van der Waals surface area contributed by atoms with Gasteiger partial charge in [-0.05, 0) is 74.4 Å². The van der Waals surface area contributed by atoms with Crippen molar-refractivity contribution in [3.05, 3.63) is 82.9 Å². The first kappa shape index (κ1) is 22.3. The summed E-state index contributed by atoms with van der Waals surface area (Å²) >= 11 is 5.65. The summed E-state index contributed by atoms with van der Waals surface area (Å²) in [5.41, 5.74) is 3.49.